The average Bonchev–Trinajstić information content (AvgIpc) is 3.27. The molecule has 1 aliphatic rings. The second-order valence-corrected chi connectivity index (χ2v) is 6.08. The van der Waals surface area contributed by atoms with Crippen LogP contribution >= 0.6 is 0 Å². The maximum atomic E-state index is 12.7. The van der Waals surface area contributed by atoms with Crippen molar-refractivity contribution in [2.45, 2.75) is 31.4 Å². The summed E-state index contributed by atoms with van der Waals surface area (Å²) in [7, 11) is 0. The molecule has 1 fully saturated rings. The van der Waals surface area contributed by atoms with Gasteiger partial charge in [-0.05, 0) is 30.5 Å². The number of hydrogen-bond donors (Lipinski definition) is 1. The van der Waals surface area contributed by atoms with E-state index < -0.39 is 11.7 Å². The number of nitrogens with zero attached hydrogens (tertiary/aromatic N) is 2. The van der Waals surface area contributed by atoms with Gasteiger partial charge in [-0.15, -0.1) is 0 Å². The van der Waals surface area contributed by atoms with E-state index in [1.807, 2.05) is 0 Å². The van der Waals surface area contributed by atoms with Gasteiger partial charge in [0.05, 0.1) is 11.3 Å². The van der Waals surface area contributed by atoms with E-state index in [-0.39, 0.29) is 17.9 Å². The highest BCUT2D eigenvalue weighted by Gasteiger charge is 2.31. The van der Waals surface area contributed by atoms with Gasteiger partial charge in [-0.25, -0.2) is 9.50 Å². The molecular formula is C17H14F3N3O. The standard InChI is InChI=1S/C17H14F3N3O/c18-17(19,20)12-5-1-10(2-6-12)9-13-15(11-3-4-11)22-14-7-8-21-23(14)16(13)24/h1-2,5-8,11,21H,3-4,9H2. The number of rotatable bonds is 3. The van der Waals surface area contributed by atoms with Crippen molar-refractivity contribution in [1.82, 2.24) is 14.6 Å². The summed E-state index contributed by atoms with van der Waals surface area (Å²) in [5, 5.41) is 2.82. The van der Waals surface area contributed by atoms with Crippen molar-refractivity contribution >= 4 is 5.65 Å². The van der Waals surface area contributed by atoms with E-state index in [4.69, 9.17) is 0 Å². The second kappa shape index (κ2) is 5.22. The SMILES string of the molecule is O=c1c(Cc2ccc(C(F)(F)F)cc2)c(C2CC2)nc2cc[nH]n12. The van der Waals surface area contributed by atoms with Crippen LogP contribution in [0.3, 0.4) is 0 Å². The van der Waals surface area contributed by atoms with Crippen molar-refractivity contribution in [2.75, 3.05) is 0 Å². The third-order valence-corrected chi connectivity index (χ3v) is 4.30. The van der Waals surface area contributed by atoms with E-state index in [1.54, 1.807) is 12.3 Å². The average molecular weight is 333 g/mol. The van der Waals surface area contributed by atoms with Gasteiger partial charge in [-0.1, -0.05) is 12.1 Å². The van der Waals surface area contributed by atoms with Crippen LogP contribution in [-0.2, 0) is 12.6 Å². The Bertz CT molecular complexity index is 950. The Morgan fingerprint density at radius 1 is 1.17 bits per heavy atom. The van der Waals surface area contributed by atoms with E-state index in [0.717, 1.165) is 30.7 Å². The number of alkyl halides is 3. The van der Waals surface area contributed by atoms with Crippen LogP contribution in [0.5, 0.6) is 0 Å². The third kappa shape index (κ3) is 2.60. The van der Waals surface area contributed by atoms with E-state index in [2.05, 4.69) is 10.1 Å². The number of aromatic nitrogens is 3. The van der Waals surface area contributed by atoms with Crippen LogP contribution in [-0.4, -0.2) is 14.6 Å². The van der Waals surface area contributed by atoms with Gasteiger partial charge in [0.1, 0.15) is 0 Å². The lowest BCUT2D eigenvalue weighted by molar-refractivity contribution is -0.137. The van der Waals surface area contributed by atoms with Crippen LogP contribution in [0.2, 0.25) is 0 Å². The summed E-state index contributed by atoms with van der Waals surface area (Å²) in [6, 6.07) is 6.66. The molecule has 4 rings (SSSR count). The summed E-state index contributed by atoms with van der Waals surface area (Å²) >= 11 is 0. The zero-order valence-corrected chi connectivity index (χ0v) is 12.6. The van der Waals surface area contributed by atoms with Gasteiger partial charge in [0.2, 0.25) is 0 Å². The number of nitrogens with one attached hydrogen (secondary N) is 1. The van der Waals surface area contributed by atoms with Gasteiger partial charge in [-0.2, -0.15) is 13.2 Å². The summed E-state index contributed by atoms with van der Waals surface area (Å²) in [4.78, 5) is 17.2. The Hall–Kier alpha value is -2.57. The molecule has 2 aromatic heterocycles. The largest absolute Gasteiger partial charge is 0.416 e. The van der Waals surface area contributed by atoms with Crippen molar-refractivity contribution in [2.24, 2.45) is 0 Å². The molecule has 124 valence electrons. The molecule has 0 bridgehead atoms. The summed E-state index contributed by atoms with van der Waals surface area (Å²) < 4.78 is 39.3. The quantitative estimate of drug-likeness (QED) is 0.797. The number of hydrogen-bond acceptors (Lipinski definition) is 2. The summed E-state index contributed by atoms with van der Waals surface area (Å²) in [5.74, 6) is 0.280. The first-order valence-electron chi connectivity index (χ1n) is 7.68. The number of fused-ring (bicyclic) bond motifs is 1. The molecule has 0 radical (unpaired) electrons. The van der Waals surface area contributed by atoms with Crippen molar-refractivity contribution in [3.8, 4) is 0 Å². The van der Waals surface area contributed by atoms with Crippen LogP contribution in [0.15, 0.2) is 41.3 Å². The fourth-order valence-electron chi connectivity index (χ4n) is 2.89. The molecule has 0 atom stereocenters. The molecule has 24 heavy (non-hydrogen) atoms. The van der Waals surface area contributed by atoms with E-state index >= 15 is 0 Å². The normalized spacial score (nSPS) is 15.1. The highest BCUT2D eigenvalue weighted by atomic mass is 19.4. The topological polar surface area (TPSA) is 50.2 Å². The minimum atomic E-state index is -4.36. The maximum absolute atomic E-state index is 12.7. The molecule has 2 heterocycles. The van der Waals surface area contributed by atoms with E-state index in [1.165, 1.54) is 16.6 Å². The predicted octanol–water partition coefficient (Wildman–Crippen LogP) is 3.51. The molecule has 7 heteroatoms. The van der Waals surface area contributed by atoms with E-state index in [0.29, 0.717) is 16.8 Å². The third-order valence-electron chi connectivity index (χ3n) is 4.30. The first-order valence-corrected chi connectivity index (χ1v) is 7.68. The summed E-state index contributed by atoms with van der Waals surface area (Å²) in [5.41, 5.74) is 1.68. The lowest BCUT2D eigenvalue weighted by atomic mass is 10.0. The summed E-state index contributed by atoms with van der Waals surface area (Å²) in [6.45, 7) is 0. The number of H-pyrrole nitrogens is 1. The molecule has 0 aliphatic heterocycles. The molecular weight excluding hydrogens is 319 g/mol. The number of aromatic amines is 1. The zero-order chi connectivity index (χ0) is 16.9. The zero-order valence-electron chi connectivity index (χ0n) is 12.6. The van der Waals surface area contributed by atoms with Crippen LogP contribution in [0.25, 0.3) is 5.65 Å². The van der Waals surface area contributed by atoms with Crippen LogP contribution < -0.4 is 5.56 Å². The van der Waals surface area contributed by atoms with Crippen molar-refractivity contribution in [1.29, 1.82) is 0 Å². The fraction of sp³-hybridized carbons (Fsp3) is 0.294. The van der Waals surface area contributed by atoms with Crippen LogP contribution in [0, 0.1) is 0 Å². The van der Waals surface area contributed by atoms with Crippen molar-refractivity contribution in [3.63, 3.8) is 0 Å². The highest BCUT2D eigenvalue weighted by molar-refractivity contribution is 5.42. The minimum Gasteiger partial charge on any atom is -0.297 e. The molecule has 0 amide bonds. The Labute approximate surface area is 134 Å². The molecule has 1 aliphatic carbocycles. The molecule has 4 nitrogen and oxygen atoms in total. The number of halogens is 3. The van der Waals surface area contributed by atoms with Gasteiger partial charge in [-0.3, -0.25) is 9.89 Å². The van der Waals surface area contributed by atoms with Crippen LogP contribution in [0.4, 0.5) is 13.2 Å². The smallest absolute Gasteiger partial charge is 0.297 e. The van der Waals surface area contributed by atoms with Gasteiger partial charge in [0.15, 0.2) is 5.65 Å². The van der Waals surface area contributed by atoms with Crippen molar-refractivity contribution in [3.05, 3.63) is 69.3 Å². The first kappa shape index (κ1) is 15.0. The van der Waals surface area contributed by atoms with Gasteiger partial charge in [0, 0.05) is 30.2 Å². The predicted molar refractivity (Wildman–Crippen MR) is 82.0 cm³/mol. The Balaban J connectivity index is 1.75. The lowest BCUT2D eigenvalue weighted by Gasteiger charge is -2.10. The Morgan fingerprint density at radius 2 is 1.88 bits per heavy atom. The monoisotopic (exact) mass is 333 g/mol. The summed E-state index contributed by atoms with van der Waals surface area (Å²) in [6.07, 6.45) is -0.456. The molecule has 3 aromatic rings. The van der Waals surface area contributed by atoms with Crippen LogP contribution in [0.1, 0.15) is 41.1 Å². The lowest BCUT2D eigenvalue weighted by Crippen LogP contribution is -2.23. The molecule has 0 unspecified atom stereocenters. The Kier molecular flexibility index (Phi) is 3.26. The van der Waals surface area contributed by atoms with E-state index in [9.17, 15) is 18.0 Å². The molecule has 1 aromatic carbocycles. The van der Waals surface area contributed by atoms with Gasteiger partial charge in [0.25, 0.3) is 5.56 Å². The number of benzene rings is 1. The second-order valence-electron chi connectivity index (χ2n) is 6.08. The highest BCUT2D eigenvalue weighted by Crippen LogP contribution is 2.40. The van der Waals surface area contributed by atoms with Crippen molar-refractivity contribution < 1.29 is 13.2 Å². The molecule has 1 N–H and O–H groups in total. The Morgan fingerprint density at radius 3 is 2.50 bits per heavy atom. The molecule has 1 saturated carbocycles. The first-order chi connectivity index (χ1) is 11.4. The minimum absolute atomic E-state index is 0.188. The fourth-order valence-corrected chi connectivity index (χ4v) is 2.89. The van der Waals surface area contributed by atoms with Gasteiger partial charge >= 0.3 is 6.18 Å². The molecule has 0 saturated heterocycles. The molecule has 0 spiro atoms. The van der Waals surface area contributed by atoms with Gasteiger partial charge < -0.3 is 0 Å². The maximum Gasteiger partial charge on any atom is 0.416 e.